The van der Waals surface area contributed by atoms with Crippen molar-refractivity contribution in [2.75, 3.05) is 13.2 Å². The third kappa shape index (κ3) is 66.6. The quantitative estimate of drug-likeness (QED) is 0.0245. The monoisotopic (exact) mass is 830 g/mol. The van der Waals surface area contributed by atoms with E-state index in [1.165, 1.54) is 89.9 Å². The van der Waals surface area contributed by atoms with Crippen LogP contribution in [0.5, 0.6) is 0 Å². The van der Waals surface area contributed by atoms with Crippen molar-refractivity contribution in [2.45, 2.75) is 161 Å². The molecule has 18 nitrogen and oxygen atoms in total. The second-order valence-corrected chi connectivity index (χ2v) is 13.7. The van der Waals surface area contributed by atoms with Gasteiger partial charge in [0.15, 0.2) is 5.60 Å². The Morgan fingerprint density at radius 2 is 0.698 bits per heavy atom. The molecule has 0 atom stereocenters. The molecule has 0 aliphatic heterocycles. The van der Waals surface area contributed by atoms with Crippen molar-refractivity contribution in [3.63, 3.8) is 0 Å². The predicted molar refractivity (Wildman–Crippen MR) is 183 cm³/mol. The van der Waals surface area contributed by atoms with E-state index in [0.717, 1.165) is 25.7 Å². The number of hydrogen-bond acceptors (Lipinski definition) is 13. The maximum atomic E-state index is 10.3. The summed E-state index contributed by atoms with van der Waals surface area (Å²) in [5.41, 5.74) is -2.74. The van der Waals surface area contributed by atoms with Gasteiger partial charge in [-0.25, -0.2) is 26.4 Å². The van der Waals surface area contributed by atoms with Crippen molar-refractivity contribution in [3.05, 3.63) is 0 Å². The molecule has 0 amide bonds. The molecule has 22 heteroatoms. The summed E-state index contributed by atoms with van der Waals surface area (Å²) in [6, 6.07) is 0. The second-order valence-electron chi connectivity index (χ2n) is 11.6. The first-order chi connectivity index (χ1) is 23.6. The molecule has 0 rings (SSSR count). The minimum Gasteiger partial charge on any atom is -0.726 e. The Hall–Kier alpha value is -0.620. The van der Waals surface area contributed by atoms with Gasteiger partial charge in [0.25, 0.3) is 0 Å². The molecule has 306 valence electrons. The van der Waals surface area contributed by atoms with Gasteiger partial charge in [0.1, 0.15) is 0 Å². The fourth-order valence-corrected chi connectivity index (χ4v) is 4.86. The fourth-order valence-electron chi connectivity index (χ4n) is 4.22. The first-order valence-corrected chi connectivity index (χ1v) is 19.8. The molecule has 0 saturated carbocycles. The zero-order chi connectivity index (χ0) is 40.2. The first-order valence-electron chi connectivity index (χ1n) is 17.1. The largest absolute Gasteiger partial charge is 1.00 e. The van der Waals surface area contributed by atoms with Gasteiger partial charge in [0.05, 0.1) is 26.1 Å². The SMILES string of the molecule is CCCCCCCCCCCCOS(=O)(=O)[O-].CCCCCCCCCCCCOS(=O)(=O)[O-].O=C(O)CC(O)(CC(=O)O)C(=O)O.O=C(O)O.[Na+].[Na+]. The molecule has 6 N–H and O–H groups in total. The predicted octanol–water partition coefficient (Wildman–Crippen LogP) is -0.250. The van der Waals surface area contributed by atoms with Crippen molar-refractivity contribution >= 4 is 44.9 Å². The van der Waals surface area contributed by atoms with E-state index in [4.69, 9.17) is 35.4 Å². The molecule has 0 spiro atoms. The molecule has 0 saturated heterocycles. The Morgan fingerprint density at radius 3 is 0.868 bits per heavy atom. The third-order valence-electron chi connectivity index (χ3n) is 6.74. The number of unbranched alkanes of at least 4 members (excludes halogenated alkanes) is 18. The van der Waals surface area contributed by atoms with E-state index < -0.39 is 63.3 Å². The summed E-state index contributed by atoms with van der Waals surface area (Å²) in [5, 5.41) is 47.8. The van der Waals surface area contributed by atoms with Crippen molar-refractivity contribution in [1.82, 2.24) is 0 Å². The molecule has 0 bridgehead atoms. The van der Waals surface area contributed by atoms with Crippen LogP contribution in [0.4, 0.5) is 4.79 Å². The van der Waals surface area contributed by atoms with E-state index in [1.54, 1.807) is 0 Å². The number of hydrogen-bond donors (Lipinski definition) is 6. The van der Waals surface area contributed by atoms with E-state index in [-0.39, 0.29) is 72.3 Å². The molecular formula is C31H60Na2O18S2. The third-order valence-corrected chi connectivity index (χ3v) is 7.65. The van der Waals surface area contributed by atoms with Gasteiger partial charge >= 0.3 is 83.2 Å². The topological polar surface area (TPSA) is 323 Å². The molecule has 0 unspecified atom stereocenters. The van der Waals surface area contributed by atoms with E-state index in [9.17, 15) is 40.3 Å². The van der Waals surface area contributed by atoms with E-state index in [1.807, 2.05) is 0 Å². The number of carbonyl (C=O) groups is 4. The molecule has 0 fully saturated rings. The van der Waals surface area contributed by atoms with Gasteiger partial charge in [-0.2, -0.15) is 0 Å². The van der Waals surface area contributed by atoms with Crippen molar-refractivity contribution in [2.24, 2.45) is 0 Å². The van der Waals surface area contributed by atoms with E-state index in [2.05, 4.69) is 22.2 Å². The molecule has 0 aromatic heterocycles. The Kier molecular flexibility index (Phi) is 51.6. The molecule has 0 aliphatic carbocycles. The van der Waals surface area contributed by atoms with Gasteiger partial charge < -0.3 is 39.7 Å². The second kappa shape index (κ2) is 42.5. The van der Waals surface area contributed by atoms with Crippen molar-refractivity contribution < 1.29 is 143 Å². The maximum Gasteiger partial charge on any atom is 1.00 e. The maximum absolute atomic E-state index is 10.3. The van der Waals surface area contributed by atoms with Crippen LogP contribution in [0.1, 0.15) is 155 Å². The summed E-state index contributed by atoms with van der Waals surface area (Å²) >= 11 is 0. The van der Waals surface area contributed by atoms with Crippen LogP contribution in [0, 0.1) is 0 Å². The average Bonchev–Trinajstić information content (AvgIpc) is 2.97. The van der Waals surface area contributed by atoms with Crippen LogP contribution in [0.3, 0.4) is 0 Å². The first kappa shape index (κ1) is 64.3. The fraction of sp³-hybridized carbons (Fsp3) is 0.871. The number of carboxylic acid groups (broad SMARTS) is 5. The molecular weight excluding hydrogens is 770 g/mol. The number of aliphatic carboxylic acids is 3. The van der Waals surface area contributed by atoms with Crippen LogP contribution in [-0.4, -0.2) is 99.5 Å². The van der Waals surface area contributed by atoms with Gasteiger partial charge in [0, 0.05) is 0 Å². The van der Waals surface area contributed by atoms with Gasteiger partial charge in [-0.15, -0.1) is 0 Å². The zero-order valence-corrected chi connectivity index (χ0v) is 37.5. The van der Waals surface area contributed by atoms with Crippen molar-refractivity contribution in [1.29, 1.82) is 0 Å². The van der Waals surface area contributed by atoms with Crippen LogP contribution in [0.15, 0.2) is 0 Å². The van der Waals surface area contributed by atoms with Crippen LogP contribution < -0.4 is 59.1 Å². The zero-order valence-electron chi connectivity index (χ0n) is 31.9. The summed E-state index contributed by atoms with van der Waals surface area (Å²) in [7, 11) is -8.97. The number of rotatable bonds is 29. The summed E-state index contributed by atoms with van der Waals surface area (Å²) in [5.74, 6) is -5.02. The van der Waals surface area contributed by atoms with Crippen LogP contribution in [0.2, 0.25) is 0 Å². The van der Waals surface area contributed by atoms with Gasteiger partial charge in [-0.1, -0.05) is 129 Å². The summed E-state index contributed by atoms with van der Waals surface area (Å²) in [6.07, 6.45) is 19.3. The van der Waals surface area contributed by atoms with Gasteiger partial charge in [0.2, 0.25) is 20.8 Å². The van der Waals surface area contributed by atoms with Gasteiger partial charge in [-0.05, 0) is 12.8 Å². The van der Waals surface area contributed by atoms with Crippen LogP contribution >= 0.6 is 0 Å². The smallest absolute Gasteiger partial charge is 0.726 e. The standard InChI is InChI=1S/2C12H26O4S.C6H8O7.CH2O3.2Na/c2*1-2-3-4-5-6-7-8-9-10-11-12-16-17(13,14)15;7-3(8)1-6(13,5(11)12)2-4(9)10;2-1(3)4;;/h2*2-12H2,1H3,(H,13,14,15);13H,1-2H2,(H,7,8)(H,9,10)(H,11,12);(H2,2,3,4);;/q;;;;2*+1/p-2. The minimum absolute atomic E-state index is 0. The van der Waals surface area contributed by atoms with Crippen molar-refractivity contribution in [3.8, 4) is 0 Å². The Labute approximate surface area is 359 Å². The molecule has 53 heavy (non-hydrogen) atoms. The number of aliphatic hydroxyl groups is 1. The molecule has 0 aromatic rings. The Balaban J connectivity index is -0.000000147. The summed E-state index contributed by atoms with van der Waals surface area (Å²) in [6.45, 7) is 4.49. The van der Waals surface area contributed by atoms with E-state index >= 15 is 0 Å². The molecule has 0 heterocycles. The normalized spacial score (nSPS) is 10.7. The van der Waals surface area contributed by atoms with E-state index in [0.29, 0.717) is 12.8 Å². The van der Waals surface area contributed by atoms with Gasteiger partial charge in [-0.3, -0.25) is 18.0 Å². The summed E-state index contributed by atoms with van der Waals surface area (Å²) < 4.78 is 68.9. The molecule has 0 radical (unpaired) electrons. The van der Waals surface area contributed by atoms with Crippen LogP contribution in [-0.2, 0) is 43.5 Å². The Bertz CT molecular complexity index is 1030. The average molecular weight is 831 g/mol. The minimum atomic E-state index is -4.48. The van der Waals surface area contributed by atoms with Crippen LogP contribution in [0.25, 0.3) is 0 Å². The number of carboxylic acids is 3. The summed E-state index contributed by atoms with van der Waals surface area (Å²) in [4.78, 5) is 39.0. The Morgan fingerprint density at radius 1 is 0.491 bits per heavy atom. The molecule has 0 aromatic carbocycles. The molecule has 0 aliphatic rings.